The van der Waals surface area contributed by atoms with Gasteiger partial charge in [-0.3, -0.25) is 19.2 Å². The number of carbonyl (C=O) groups excluding carboxylic acids is 4. The molecule has 3 heterocycles. The molecular formula is C33H28FN3O8S2. The predicted octanol–water partition coefficient (Wildman–Crippen LogP) is 4.96. The maximum absolute atomic E-state index is 13.9. The monoisotopic (exact) mass is 677 g/mol. The zero-order chi connectivity index (χ0) is 33.2. The first-order valence-electron chi connectivity index (χ1n) is 14.7. The van der Waals surface area contributed by atoms with Gasteiger partial charge in [-0.1, -0.05) is 29.2 Å². The van der Waals surface area contributed by atoms with Crippen molar-refractivity contribution in [3.05, 3.63) is 98.2 Å². The fourth-order valence-electron chi connectivity index (χ4n) is 5.57. The van der Waals surface area contributed by atoms with Gasteiger partial charge in [0.2, 0.25) is 11.8 Å². The van der Waals surface area contributed by atoms with Gasteiger partial charge in [0, 0.05) is 16.5 Å². The molecule has 1 saturated heterocycles. The number of ether oxygens (including phenoxy) is 3. The number of anilines is 2. The highest BCUT2D eigenvalue weighted by Crippen LogP contribution is 2.53. The molecule has 1 fully saturated rings. The van der Waals surface area contributed by atoms with Gasteiger partial charge in [0.25, 0.3) is 5.91 Å². The average molecular weight is 678 g/mol. The van der Waals surface area contributed by atoms with Gasteiger partial charge >= 0.3 is 10.8 Å². The molecule has 0 bridgehead atoms. The van der Waals surface area contributed by atoms with E-state index in [0.717, 1.165) is 28.0 Å². The molecule has 3 atom stereocenters. The smallest absolute Gasteiger partial charge is 0.338 e. The lowest BCUT2D eigenvalue weighted by Gasteiger charge is -2.30. The van der Waals surface area contributed by atoms with E-state index in [-0.39, 0.29) is 36.1 Å². The van der Waals surface area contributed by atoms with Crippen LogP contribution < -0.4 is 24.6 Å². The van der Waals surface area contributed by atoms with Crippen LogP contribution in [0.2, 0.25) is 0 Å². The van der Waals surface area contributed by atoms with Gasteiger partial charge in [-0.05, 0) is 80.1 Å². The summed E-state index contributed by atoms with van der Waals surface area (Å²) < 4.78 is 30.3. The molecule has 0 radical (unpaired) electrons. The summed E-state index contributed by atoms with van der Waals surface area (Å²) >= 11 is 2.11. The summed E-state index contributed by atoms with van der Waals surface area (Å²) in [6.07, 6.45) is 0. The standard InChI is InChI=1S/C33H28FN3O8S2/c1-3-43-23-15-18(7-14-22(23)45-16-24(38)35-20-10-5-17(6-11-20)32(41)44-4-2)25-26-28(46-29-27(25)47-33(42)36-29)31(40)37(30(26)39)21-12-8-19(34)9-13-21/h5-15,25-26,28H,3-4,16H2,1-2H3,(H,35,38)(H,36,42)/t25-,26?,28?/m1/s1. The van der Waals surface area contributed by atoms with Gasteiger partial charge in [0.05, 0.1) is 35.4 Å². The lowest BCUT2D eigenvalue weighted by Crippen LogP contribution is -2.32. The molecular weight excluding hydrogens is 650 g/mol. The first-order chi connectivity index (χ1) is 22.7. The molecule has 3 aromatic carbocycles. The Morgan fingerprint density at radius 1 is 0.915 bits per heavy atom. The van der Waals surface area contributed by atoms with E-state index < -0.39 is 46.6 Å². The highest BCUT2D eigenvalue weighted by atomic mass is 32.2. The van der Waals surface area contributed by atoms with Crippen molar-refractivity contribution in [1.29, 1.82) is 0 Å². The van der Waals surface area contributed by atoms with Gasteiger partial charge in [-0.15, -0.1) is 0 Å². The topological polar surface area (TPSA) is 144 Å². The lowest BCUT2D eigenvalue weighted by molar-refractivity contribution is -0.122. The molecule has 4 aromatic rings. The summed E-state index contributed by atoms with van der Waals surface area (Å²) in [5.74, 6) is -3.26. The number of aromatic amines is 1. The van der Waals surface area contributed by atoms with Crippen LogP contribution in [0.25, 0.3) is 0 Å². The summed E-state index contributed by atoms with van der Waals surface area (Å²) in [7, 11) is 0. The number of halogens is 1. The number of benzene rings is 3. The summed E-state index contributed by atoms with van der Waals surface area (Å²) in [5.41, 5.74) is 1.69. The minimum Gasteiger partial charge on any atom is -0.490 e. The number of imide groups is 1. The van der Waals surface area contributed by atoms with E-state index in [1.165, 1.54) is 24.3 Å². The van der Waals surface area contributed by atoms with Crippen LogP contribution in [-0.2, 0) is 19.1 Å². The number of thioether (sulfide) groups is 1. The molecule has 0 aliphatic carbocycles. The number of rotatable bonds is 10. The summed E-state index contributed by atoms with van der Waals surface area (Å²) in [4.78, 5) is 68.7. The maximum atomic E-state index is 13.9. The molecule has 6 rings (SSSR count). The predicted molar refractivity (Wildman–Crippen MR) is 173 cm³/mol. The molecule has 3 amide bonds. The third-order valence-corrected chi connectivity index (χ3v) is 9.98. The summed E-state index contributed by atoms with van der Waals surface area (Å²) in [5, 5.41) is 2.40. The normalized spacial score (nSPS) is 18.4. The van der Waals surface area contributed by atoms with Crippen molar-refractivity contribution in [3.63, 3.8) is 0 Å². The van der Waals surface area contributed by atoms with E-state index in [0.29, 0.717) is 32.5 Å². The molecule has 1 aromatic heterocycles. The Hall–Kier alpha value is -4.95. The van der Waals surface area contributed by atoms with Crippen LogP contribution in [0.3, 0.4) is 0 Å². The number of nitrogens with one attached hydrogen (secondary N) is 2. The second kappa shape index (κ2) is 13.4. The fraction of sp³-hybridized carbons (Fsp3) is 0.242. The van der Waals surface area contributed by atoms with Crippen LogP contribution in [-0.4, -0.2) is 53.7 Å². The Morgan fingerprint density at radius 3 is 2.36 bits per heavy atom. The molecule has 0 saturated carbocycles. The Kier molecular flexibility index (Phi) is 9.14. The van der Waals surface area contributed by atoms with Crippen LogP contribution >= 0.6 is 23.1 Å². The average Bonchev–Trinajstić information content (AvgIpc) is 3.55. The van der Waals surface area contributed by atoms with Crippen molar-refractivity contribution in [2.24, 2.45) is 5.92 Å². The second-order valence-corrected chi connectivity index (χ2v) is 12.7. The highest BCUT2D eigenvalue weighted by molar-refractivity contribution is 8.00. The third-order valence-electron chi connectivity index (χ3n) is 7.57. The molecule has 2 aliphatic heterocycles. The molecule has 11 nitrogen and oxygen atoms in total. The number of amides is 3. The van der Waals surface area contributed by atoms with Crippen LogP contribution in [0, 0.1) is 11.7 Å². The van der Waals surface area contributed by atoms with Crippen LogP contribution in [0.1, 0.15) is 40.6 Å². The van der Waals surface area contributed by atoms with Gasteiger partial charge in [-0.25, -0.2) is 14.1 Å². The number of aromatic nitrogens is 1. The van der Waals surface area contributed by atoms with Crippen molar-refractivity contribution in [1.82, 2.24) is 4.98 Å². The summed E-state index contributed by atoms with van der Waals surface area (Å²) in [6, 6.07) is 16.4. The SMILES string of the molecule is CCOC(=O)c1ccc(NC(=O)COc2ccc([C@H]3c4sc(=O)[nH]c4SC4C(=O)N(c5ccc(F)cc5)C(=O)C43)cc2OCC)cc1. The first kappa shape index (κ1) is 32.0. The van der Waals surface area contributed by atoms with Gasteiger partial charge in [0.1, 0.15) is 11.1 Å². The van der Waals surface area contributed by atoms with E-state index >= 15 is 0 Å². The van der Waals surface area contributed by atoms with E-state index in [2.05, 4.69) is 10.3 Å². The van der Waals surface area contributed by atoms with Crippen LogP contribution in [0.15, 0.2) is 76.6 Å². The van der Waals surface area contributed by atoms with Crippen molar-refractivity contribution in [3.8, 4) is 11.5 Å². The fourth-order valence-corrected chi connectivity index (χ4v) is 8.09. The van der Waals surface area contributed by atoms with Crippen LogP contribution in [0.5, 0.6) is 11.5 Å². The number of fused-ring (bicyclic) bond motifs is 2. The zero-order valence-corrected chi connectivity index (χ0v) is 26.7. The Balaban J connectivity index is 1.24. The molecule has 2 unspecified atom stereocenters. The van der Waals surface area contributed by atoms with E-state index in [4.69, 9.17) is 14.2 Å². The molecule has 0 spiro atoms. The minimum absolute atomic E-state index is 0.253. The quantitative estimate of drug-likeness (QED) is 0.176. The second-order valence-electron chi connectivity index (χ2n) is 10.5. The van der Waals surface area contributed by atoms with Crippen molar-refractivity contribution in [2.45, 2.75) is 30.0 Å². The molecule has 2 aliphatic rings. The Labute approximate surface area is 276 Å². The largest absolute Gasteiger partial charge is 0.490 e. The van der Waals surface area contributed by atoms with E-state index in [9.17, 15) is 28.4 Å². The van der Waals surface area contributed by atoms with Crippen molar-refractivity contribution < 1.29 is 37.8 Å². The molecule has 2 N–H and O–H groups in total. The van der Waals surface area contributed by atoms with Crippen molar-refractivity contribution in [2.75, 3.05) is 30.0 Å². The van der Waals surface area contributed by atoms with Gasteiger partial charge < -0.3 is 24.5 Å². The van der Waals surface area contributed by atoms with E-state index in [1.54, 1.807) is 56.3 Å². The maximum Gasteiger partial charge on any atom is 0.338 e. The Bertz CT molecular complexity index is 1910. The molecule has 47 heavy (non-hydrogen) atoms. The third kappa shape index (κ3) is 6.38. The Morgan fingerprint density at radius 2 is 1.66 bits per heavy atom. The van der Waals surface area contributed by atoms with Gasteiger partial charge in [0.15, 0.2) is 18.1 Å². The number of hydrogen-bond acceptors (Lipinski definition) is 10. The van der Waals surface area contributed by atoms with Crippen LogP contribution in [0.4, 0.5) is 15.8 Å². The number of thiazole rings is 1. The van der Waals surface area contributed by atoms with Gasteiger partial charge in [-0.2, -0.15) is 0 Å². The number of nitrogens with zero attached hydrogens (tertiary/aromatic N) is 1. The van der Waals surface area contributed by atoms with E-state index in [1.807, 2.05) is 0 Å². The first-order valence-corrected chi connectivity index (χ1v) is 16.4. The lowest BCUT2D eigenvalue weighted by atomic mass is 9.83. The summed E-state index contributed by atoms with van der Waals surface area (Å²) in [6.45, 7) is 3.66. The number of H-pyrrole nitrogens is 1. The number of carbonyl (C=O) groups is 4. The minimum atomic E-state index is -0.848. The molecule has 242 valence electrons. The number of esters is 1. The van der Waals surface area contributed by atoms with Crippen molar-refractivity contribution >= 4 is 58.2 Å². The highest BCUT2D eigenvalue weighted by Gasteiger charge is 2.56. The number of hydrogen-bond donors (Lipinski definition) is 2. The zero-order valence-electron chi connectivity index (χ0n) is 25.1. The molecule has 14 heteroatoms.